The van der Waals surface area contributed by atoms with E-state index in [1.807, 2.05) is 0 Å². The number of anilines is 1. The molecule has 0 fully saturated rings. The lowest BCUT2D eigenvalue weighted by Crippen LogP contribution is -2.30. The van der Waals surface area contributed by atoms with E-state index in [-0.39, 0.29) is 11.7 Å². The Morgan fingerprint density at radius 1 is 1.14 bits per heavy atom. The fraction of sp³-hybridized carbons (Fsp3) is 0.188. The van der Waals surface area contributed by atoms with Gasteiger partial charge >= 0.3 is 0 Å². The van der Waals surface area contributed by atoms with Crippen LogP contribution < -0.4 is 14.8 Å². The van der Waals surface area contributed by atoms with Gasteiger partial charge in [0.15, 0.2) is 6.10 Å². The van der Waals surface area contributed by atoms with Crippen molar-refractivity contribution in [2.24, 2.45) is 0 Å². The summed E-state index contributed by atoms with van der Waals surface area (Å²) < 4.78 is 23.4. The Bertz CT molecular complexity index is 613. The molecule has 0 saturated heterocycles. The number of carbonyl (C=O) groups is 1. The third-order valence-corrected chi connectivity index (χ3v) is 2.84. The molecule has 0 spiro atoms. The molecule has 0 radical (unpaired) electrons. The van der Waals surface area contributed by atoms with Crippen molar-refractivity contribution in [3.63, 3.8) is 0 Å². The number of hydrogen-bond donors (Lipinski definition) is 1. The predicted molar refractivity (Wildman–Crippen MR) is 78.1 cm³/mol. The summed E-state index contributed by atoms with van der Waals surface area (Å²) in [6.07, 6.45) is -0.692. The van der Waals surface area contributed by atoms with Gasteiger partial charge in [-0.25, -0.2) is 4.39 Å². The lowest BCUT2D eigenvalue weighted by Gasteiger charge is -2.15. The normalized spacial score (nSPS) is 11.6. The quantitative estimate of drug-likeness (QED) is 0.919. The van der Waals surface area contributed by atoms with Crippen molar-refractivity contribution in [1.82, 2.24) is 0 Å². The Kier molecular flexibility index (Phi) is 4.77. The standard InChI is InChI=1S/C16H16FNO3/c1-11(21-15-5-3-4-14(10-15)20-2)16(19)18-13-8-6-12(17)7-9-13/h3-11H,1-2H3,(H,18,19)/t11-/m0/s1. The number of ether oxygens (including phenoxy) is 2. The van der Waals surface area contributed by atoms with E-state index in [0.717, 1.165) is 0 Å². The number of carbonyl (C=O) groups excluding carboxylic acids is 1. The number of rotatable bonds is 5. The highest BCUT2D eigenvalue weighted by atomic mass is 19.1. The van der Waals surface area contributed by atoms with Crippen LogP contribution in [0.15, 0.2) is 48.5 Å². The molecule has 1 N–H and O–H groups in total. The van der Waals surface area contributed by atoms with Gasteiger partial charge in [0.1, 0.15) is 17.3 Å². The number of hydrogen-bond acceptors (Lipinski definition) is 3. The summed E-state index contributed by atoms with van der Waals surface area (Å²) in [7, 11) is 1.56. The molecule has 0 aromatic heterocycles. The van der Waals surface area contributed by atoms with Crippen LogP contribution in [0, 0.1) is 5.82 Å². The molecule has 0 aliphatic carbocycles. The monoisotopic (exact) mass is 289 g/mol. The molecule has 0 aliphatic heterocycles. The van der Waals surface area contributed by atoms with Crippen molar-refractivity contribution >= 4 is 11.6 Å². The molecule has 2 aromatic carbocycles. The summed E-state index contributed by atoms with van der Waals surface area (Å²) in [6, 6.07) is 12.5. The Hall–Kier alpha value is -2.56. The van der Waals surface area contributed by atoms with Gasteiger partial charge in [0.2, 0.25) is 0 Å². The van der Waals surface area contributed by atoms with Crippen LogP contribution in [0.5, 0.6) is 11.5 Å². The van der Waals surface area contributed by atoms with Crippen LogP contribution in [-0.4, -0.2) is 19.1 Å². The Labute approximate surface area is 122 Å². The average Bonchev–Trinajstić information content (AvgIpc) is 2.49. The van der Waals surface area contributed by atoms with E-state index in [9.17, 15) is 9.18 Å². The zero-order valence-electron chi connectivity index (χ0n) is 11.8. The molecule has 5 heteroatoms. The van der Waals surface area contributed by atoms with E-state index in [0.29, 0.717) is 17.2 Å². The van der Waals surface area contributed by atoms with Crippen LogP contribution >= 0.6 is 0 Å². The second-order valence-electron chi connectivity index (χ2n) is 4.44. The zero-order valence-corrected chi connectivity index (χ0v) is 11.8. The average molecular weight is 289 g/mol. The highest BCUT2D eigenvalue weighted by molar-refractivity contribution is 5.94. The Morgan fingerprint density at radius 3 is 2.48 bits per heavy atom. The topological polar surface area (TPSA) is 47.6 Å². The maximum Gasteiger partial charge on any atom is 0.265 e. The minimum Gasteiger partial charge on any atom is -0.497 e. The molecule has 2 rings (SSSR count). The fourth-order valence-electron chi connectivity index (χ4n) is 1.71. The first-order valence-electron chi connectivity index (χ1n) is 6.45. The van der Waals surface area contributed by atoms with Crippen LogP contribution in [0.1, 0.15) is 6.92 Å². The zero-order chi connectivity index (χ0) is 15.2. The lowest BCUT2D eigenvalue weighted by molar-refractivity contribution is -0.122. The molecule has 21 heavy (non-hydrogen) atoms. The number of benzene rings is 2. The molecular weight excluding hydrogens is 273 g/mol. The van der Waals surface area contributed by atoms with Gasteiger partial charge in [0.25, 0.3) is 5.91 Å². The SMILES string of the molecule is COc1cccc(O[C@@H](C)C(=O)Nc2ccc(F)cc2)c1. The third-order valence-electron chi connectivity index (χ3n) is 2.84. The first-order chi connectivity index (χ1) is 10.1. The van der Waals surface area contributed by atoms with Gasteiger partial charge in [0, 0.05) is 11.8 Å². The molecule has 0 aliphatic rings. The molecular formula is C16H16FNO3. The molecule has 2 aromatic rings. The van der Waals surface area contributed by atoms with Crippen molar-refractivity contribution in [3.8, 4) is 11.5 Å². The molecule has 4 nitrogen and oxygen atoms in total. The molecule has 0 heterocycles. The first-order valence-corrected chi connectivity index (χ1v) is 6.45. The number of amides is 1. The van der Waals surface area contributed by atoms with Gasteiger partial charge in [-0.1, -0.05) is 6.07 Å². The highest BCUT2D eigenvalue weighted by Gasteiger charge is 2.15. The van der Waals surface area contributed by atoms with E-state index in [4.69, 9.17) is 9.47 Å². The van der Waals surface area contributed by atoms with Crippen molar-refractivity contribution in [1.29, 1.82) is 0 Å². The summed E-state index contributed by atoms with van der Waals surface area (Å²) in [4.78, 5) is 12.0. The van der Waals surface area contributed by atoms with E-state index in [1.54, 1.807) is 38.3 Å². The summed E-state index contributed by atoms with van der Waals surface area (Å²) in [5.74, 6) is 0.521. The molecule has 1 atom stereocenters. The molecule has 0 unspecified atom stereocenters. The number of nitrogens with one attached hydrogen (secondary N) is 1. The van der Waals surface area contributed by atoms with E-state index in [2.05, 4.69) is 5.32 Å². The van der Waals surface area contributed by atoms with Gasteiger partial charge in [-0.3, -0.25) is 4.79 Å². The van der Waals surface area contributed by atoms with Crippen molar-refractivity contribution < 1.29 is 18.7 Å². The van der Waals surface area contributed by atoms with Crippen molar-refractivity contribution in [2.45, 2.75) is 13.0 Å². The first kappa shape index (κ1) is 14.8. The van der Waals surface area contributed by atoms with Gasteiger partial charge in [0.05, 0.1) is 7.11 Å². The van der Waals surface area contributed by atoms with Crippen LogP contribution in [0.3, 0.4) is 0 Å². The molecule has 0 bridgehead atoms. The van der Waals surface area contributed by atoms with Gasteiger partial charge in [-0.2, -0.15) is 0 Å². The Balaban J connectivity index is 1.97. The van der Waals surface area contributed by atoms with Crippen LogP contribution in [0.4, 0.5) is 10.1 Å². The predicted octanol–water partition coefficient (Wildman–Crippen LogP) is 3.24. The van der Waals surface area contributed by atoms with E-state index < -0.39 is 6.10 Å². The summed E-state index contributed by atoms with van der Waals surface area (Å²) in [5.41, 5.74) is 0.516. The van der Waals surface area contributed by atoms with Gasteiger partial charge < -0.3 is 14.8 Å². The van der Waals surface area contributed by atoms with Gasteiger partial charge in [-0.15, -0.1) is 0 Å². The maximum atomic E-state index is 12.8. The van der Waals surface area contributed by atoms with Crippen molar-refractivity contribution in [2.75, 3.05) is 12.4 Å². The molecule has 110 valence electrons. The van der Waals surface area contributed by atoms with Crippen LogP contribution in [-0.2, 0) is 4.79 Å². The second kappa shape index (κ2) is 6.74. The minimum absolute atomic E-state index is 0.315. The number of methoxy groups -OCH3 is 1. The molecule has 0 saturated carbocycles. The summed E-state index contributed by atoms with van der Waals surface area (Å²) in [5, 5.41) is 2.66. The van der Waals surface area contributed by atoms with Crippen LogP contribution in [0.25, 0.3) is 0 Å². The summed E-state index contributed by atoms with van der Waals surface area (Å²) >= 11 is 0. The fourth-order valence-corrected chi connectivity index (χ4v) is 1.71. The van der Waals surface area contributed by atoms with Crippen molar-refractivity contribution in [3.05, 3.63) is 54.3 Å². The maximum absolute atomic E-state index is 12.8. The largest absolute Gasteiger partial charge is 0.497 e. The van der Waals surface area contributed by atoms with Crippen LogP contribution in [0.2, 0.25) is 0 Å². The number of halogens is 1. The van der Waals surface area contributed by atoms with E-state index in [1.165, 1.54) is 24.3 Å². The Morgan fingerprint density at radius 2 is 1.81 bits per heavy atom. The van der Waals surface area contributed by atoms with Gasteiger partial charge in [-0.05, 0) is 43.3 Å². The minimum atomic E-state index is -0.692. The molecule has 1 amide bonds. The smallest absolute Gasteiger partial charge is 0.265 e. The lowest BCUT2D eigenvalue weighted by atomic mass is 10.3. The third kappa shape index (κ3) is 4.21. The summed E-state index contributed by atoms with van der Waals surface area (Å²) in [6.45, 7) is 1.64. The second-order valence-corrected chi connectivity index (χ2v) is 4.44. The highest BCUT2D eigenvalue weighted by Crippen LogP contribution is 2.20. The van der Waals surface area contributed by atoms with E-state index >= 15 is 0 Å².